The van der Waals surface area contributed by atoms with Crippen molar-refractivity contribution in [2.75, 3.05) is 0 Å². The molecule has 0 unspecified atom stereocenters. The number of para-hydroxylation sites is 1. The molecule has 0 bridgehead atoms. The summed E-state index contributed by atoms with van der Waals surface area (Å²) in [6.07, 6.45) is -0.811. The van der Waals surface area contributed by atoms with Crippen LogP contribution in [-0.2, 0) is 4.74 Å². The standard InChI is InChI=1S/C18H15FN2O4/c1-10-4-3-5-14(15(10)22)18(23)24-11(2)16-20-21-17(25-16)12-6-8-13(19)9-7-12/h3-9,11,22H,1-2H3/t11-/m0/s1. The third-order valence-corrected chi connectivity index (χ3v) is 3.62. The molecule has 0 aliphatic carbocycles. The van der Waals surface area contributed by atoms with E-state index in [1.807, 2.05) is 0 Å². The molecule has 1 aromatic heterocycles. The molecule has 2 aromatic carbocycles. The Labute approximate surface area is 142 Å². The Bertz CT molecular complexity index is 906. The summed E-state index contributed by atoms with van der Waals surface area (Å²) >= 11 is 0. The van der Waals surface area contributed by atoms with Gasteiger partial charge in [0, 0.05) is 5.56 Å². The van der Waals surface area contributed by atoms with Crippen LogP contribution in [0.15, 0.2) is 46.9 Å². The van der Waals surface area contributed by atoms with Crippen molar-refractivity contribution in [2.24, 2.45) is 0 Å². The van der Waals surface area contributed by atoms with Gasteiger partial charge in [-0.1, -0.05) is 12.1 Å². The minimum atomic E-state index is -0.811. The zero-order valence-corrected chi connectivity index (χ0v) is 13.6. The Balaban J connectivity index is 1.75. The molecule has 0 saturated carbocycles. The Kier molecular flexibility index (Phi) is 4.47. The van der Waals surface area contributed by atoms with Gasteiger partial charge in [0.05, 0.1) is 0 Å². The molecule has 128 valence electrons. The molecule has 3 rings (SSSR count). The van der Waals surface area contributed by atoms with Crippen LogP contribution < -0.4 is 0 Å². The van der Waals surface area contributed by atoms with Gasteiger partial charge in [0.2, 0.25) is 5.89 Å². The summed E-state index contributed by atoms with van der Waals surface area (Å²) < 4.78 is 23.7. The van der Waals surface area contributed by atoms with Gasteiger partial charge in [-0.05, 0) is 49.7 Å². The summed E-state index contributed by atoms with van der Waals surface area (Å²) in [7, 11) is 0. The fraction of sp³-hybridized carbons (Fsp3) is 0.167. The number of hydrogen-bond donors (Lipinski definition) is 1. The Morgan fingerprint density at radius 1 is 1.20 bits per heavy atom. The van der Waals surface area contributed by atoms with Crippen molar-refractivity contribution < 1.29 is 23.4 Å². The van der Waals surface area contributed by atoms with E-state index in [1.54, 1.807) is 26.0 Å². The summed E-state index contributed by atoms with van der Waals surface area (Å²) in [5.74, 6) is -0.910. The van der Waals surface area contributed by atoms with Gasteiger partial charge in [-0.15, -0.1) is 10.2 Å². The third-order valence-electron chi connectivity index (χ3n) is 3.62. The normalized spacial score (nSPS) is 12.0. The number of phenols is 1. The lowest BCUT2D eigenvalue weighted by molar-refractivity contribution is 0.0276. The van der Waals surface area contributed by atoms with Crippen molar-refractivity contribution in [1.82, 2.24) is 10.2 Å². The number of esters is 1. The summed E-state index contributed by atoms with van der Waals surface area (Å²) in [6, 6.07) is 10.4. The van der Waals surface area contributed by atoms with E-state index in [9.17, 15) is 14.3 Å². The molecule has 25 heavy (non-hydrogen) atoms. The van der Waals surface area contributed by atoms with Gasteiger partial charge in [0.15, 0.2) is 6.10 Å². The van der Waals surface area contributed by atoms with Crippen molar-refractivity contribution in [3.05, 3.63) is 65.3 Å². The van der Waals surface area contributed by atoms with Crippen molar-refractivity contribution in [3.63, 3.8) is 0 Å². The molecule has 0 saturated heterocycles. The highest BCUT2D eigenvalue weighted by molar-refractivity contribution is 5.92. The number of carbonyl (C=O) groups excluding carboxylic acids is 1. The van der Waals surface area contributed by atoms with Crippen molar-refractivity contribution in [1.29, 1.82) is 0 Å². The maximum Gasteiger partial charge on any atom is 0.342 e. The fourth-order valence-electron chi connectivity index (χ4n) is 2.21. The second-order valence-electron chi connectivity index (χ2n) is 5.47. The van der Waals surface area contributed by atoms with Crippen molar-refractivity contribution in [2.45, 2.75) is 20.0 Å². The predicted octanol–water partition coefficient (Wildman–Crippen LogP) is 3.81. The maximum absolute atomic E-state index is 13.0. The van der Waals surface area contributed by atoms with E-state index in [1.165, 1.54) is 30.3 Å². The molecule has 0 aliphatic rings. The smallest absolute Gasteiger partial charge is 0.342 e. The van der Waals surface area contributed by atoms with Crippen LogP contribution in [0, 0.1) is 12.7 Å². The Hall–Kier alpha value is -3.22. The van der Waals surface area contributed by atoms with Gasteiger partial charge in [0.1, 0.15) is 17.1 Å². The van der Waals surface area contributed by atoms with Gasteiger partial charge in [-0.3, -0.25) is 0 Å². The number of aromatic nitrogens is 2. The highest BCUT2D eigenvalue weighted by atomic mass is 19.1. The van der Waals surface area contributed by atoms with Gasteiger partial charge < -0.3 is 14.3 Å². The van der Waals surface area contributed by atoms with Crippen LogP contribution in [0.3, 0.4) is 0 Å². The molecule has 0 radical (unpaired) electrons. The average Bonchev–Trinajstić information content (AvgIpc) is 3.08. The van der Waals surface area contributed by atoms with Gasteiger partial charge >= 0.3 is 5.97 Å². The largest absolute Gasteiger partial charge is 0.507 e. The molecule has 3 aromatic rings. The summed E-state index contributed by atoms with van der Waals surface area (Å²) in [4.78, 5) is 12.2. The SMILES string of the molecule is Cc1cccc(C(=O)O[C@@H](C)c2nnc(-c3ccc(F)cc3)o2)c1O. The second kappa shape index (κ2) is 6.72. The van der Waals surface area contributed by atoms with Crippen LogP contribution in [0.5, 0.6) is 5.75 Å². The lowest BCUT2D eigenvalue weighted by Crippen LogP contribution is -2.10. The first-order valence-corrected chi connectivity index (χ1v) is 7.54. The van der Waals surface area contributed by atoms with E-state index in [0.717, 1.165) is 0 Å². The number of ether oxygens (including phenoxy) is 1. The second-order valence-corrected chi connectivity index (χ2v) is 5.47. The predicted molar refractivity (Wildman–Crippen MR) is 86.4 cm³/mol. The number of aryl methyl sites for hydroxylation is 1. The van der Waals surface area contributed by atoms with Crippen LogP contribution in [0.1, 0.15) is 34.8 Å². The number of phenolic OH excluding ortho intramolecular Hbond substituents is 1. The Morgan fingerprint density at radius 3 is 2.64 bits per heavy atom. The first-order chi connectivity index (χ1) is 12.0. The van der Waals surface area contributed by atoms with Gasteiger partial charge in [-0.25, -0.2) is 9.18 Å². The first kappa shape index (κ1) is 16.6. The molecule has 0 aliphatic heterocycles. The van der Waals surface area contributed by atoms with E-state index in [4.69, 9.17) is 9.15 Å². The molecule has 0 fully saturated rings. The van der Waals surface area contributed by atoms with Crippen LogP contribution in [-0.4, -0.2) is 21.3 Å². The summed E-state index contributed by atoms with van der Waals surface area (Å²) in [6.45, 7) is 3.26. The minimum absolute atomic E-state index is 0.0603. The molecular weight excluding hydrogens is 327 g/mol. The maximum atomic E-state index is 13.0. The lowest BCUT2D eigenvalue weighted by Gasteiger charge is -2.11. The highest BCUT2D eigenvalue weighted by Gasteiger charge is 2.22. The zero-order valence-electron chi connectivity index (χ0n) is 13.6. The van der Waals surface area contributed by atoms with Crippen LogP contribution in [0.2, 0.25) is 0 Å². The zero-order chi connectivity index (χ0) is 18.0. The fourth-order valence-corrected chi connectivity index (χ4v) is 2.21. The number of nitrogens with zero attached hydrogens (tertiary/aromatic N) is 2. The lowest BCUT2D eigenvalue weighted by atomic mass is 10.1. The topological polar surface area (TPSA) is 85.5 Å². The van der Waals surface area contributed by atoms with E-state index in [0.29, 0.717) is 11.1 Å². The monoisotopic (exact) mass is 342 g/mol. The number of aromatic hydroxyl groups is 1. The van der Waals surface area contributed by atoms with E-state index < -0.39 is 12.1 Å². The third kappa shape index (κ3) is 3.50. The summed E-state index contributed by atoms with van der Waals surface area (Å²) in [5, 5.41) is 17.7. The first-order valence-electron chi connectivity index (χ1n) is 7.54. The molecule has 1 N–H and O–H groups in total. The number of hydrogen-bond acceptors (Lipinski definition) is 6. The van der Waals surface area contributed by atoms with Crippen LogP contribution >= 0.6 is 0 Å². The van der Waals surface area contributed by atoms with Crippen molar-refractivity contribution in [3.8, 4) is 17.2 Å². The molecule has 1 atom stereocenters. The molecular formula is C18H15FN2O4. The van der Waals surface area contributed by atoms with E-state index in [2.05, 4.69) is 10.2 Å². The molecule has 0 amide bonds. The molecule has 0 spiro atoms. The van der Waals surface area contributed by atoms with Gasteiger partial charge in [-0.2, -0.15) is 0 Å². The van der Waals surface area contributed by atoms with Gasteiger partial charge in [0.25, 0.3) is 5.89 Å². The number of benzene rings is 2. The van der Waals surface area contributed by atoms with Crippen LogP contribution in [0.25, 0.3) is 11.5 Å². The molecule has 7 heteroatoms. The van der Waals surface area contributed by atoms with E-state index in [-0.39, 0.29) is 28.9 Å². The highest BCUT2D eigenvalue weighted by Crippen LogP contribution is 2.26. The van der Waals surface area contributed by atoms with Crippen LogP contribution in [0.4, 0.5) is 4.39 Å². The molecule has 1 heterocycles. The Morgan fingerprint density at radius 2 is 1.92 bits per heavy atom. The number of halogens is 1. The summed E-state index contributed by atoms with van der Waals surface area (Å²) in [5.41, 5.74) is 1.18. The number of rotatable bonds is 4. The molecule has 6 nitrogen and oxygen atoms in total. The van der Waals surface area contributed by atoms with Crippen molar-refractivity contribution >= 4 is 5.97 Å². The quantitative estimate of drug-likeness (QED) is 0.726. The van der Waals surface area contributed by atoms with E-state index >= 15 is 0 Å². The minimum Gasteiger partial charge on any atom is -0.507 e. The number of carbonyl (C=O) groups is 1. The average molecular weight is 342 g/mol.